The average Bonchev–Trinajstić information content (AvgIpc) is 2.65. The van der Waals surface area contributed by atoms with Crippen molar-refractivity contribution in [1.29, 1.82) is 0 Å². The van der Waals surface area contributed by atoms with Gasteiger partial charge in [0.25, 0.3) is 0 Å². The smallest absolute Gasteiger partial charge is 0.246 e. The first-order valence-electron chi connectivity index (χ1n) is 5.02. The highest BCUT2D eigenvalue weighted by molar-refractivity contribution is 5.03. The van der Waals surface area contributed by atoms with Crippen LogP contribution in [-0.4, -0.2) is 17.3 Å². The molecule has 1 aromatic heterocycles. The lowest BCUT2D eigenvalue weighted by Crippen LogP contribution is -2.30. The van der Waals surface area contributed by atoms with Crippen molar-refractivity contribution in [2.75, 3.05) is 7.11 Å². The van der Waals surface area contributed by atoms with Gasteiger partial charge in [0.15, 0.2) is 0 Å². The van der Waals surface area contributed by atoms with Crippen molar-refractivity contribution in [3.63, 3.8) is 0 Å². The third-order valence-electron chi connectivity index (χ3n) is 2.58. The lowest BCUT2D eigenvalue weighted by molar-refractivity contribution is -0.0106. The Morgan fingerprint density at radius 1 is 1.40 bits per heavy atom. The minimum absolute atomic E-state index is 0.425. The van der Waals surface area contributed by atoms with E-state index >= 15 is 0 Å². The zero-order chi connectivity index (χ0) is 11.7. The minimum atomic E-state index is -0.617. The van der Waals surface area contributed by atoms with E-state index in [9.17, 15) is 0 Å². The fourth-order valence-electron chi connectivity index (χ4n) is 1.09. The molecule has 0 aliphatic carbocycles. The number of methoxy groups -OCH3 is 1. The molecule has 0 amide bonds. The molecule has 0 aromatic carbocycles. The quantitative estimate of drug-likeness (QED) is 0.821. The summed E-state index contributed by atoms with van der Waals surface area (Å²) in [6, 6.07) is 0. The molecule has 15 heavy (non-hydrogen) atoms. The summed E-state index contributed by atoms with van der Waals surface area (Å²) in [5.74, 6) is 0.968. The highest BCUT2D eigenvalue weighted by atomic mass is 16.5. The number of nitrogens with zero attached hydrogens (tertiary/aromatic N) is 2. The van der Waals surface area contributed by atoms with Gasteiger partial charge in [-0.3, -0.25) is 0 Å². The van der Waals surface area contributed by atoms with Crippen molar-refractivity contribution in [3.8, 4) is 0 Å². The molecule has 0 radical (unpaired) electrons. The first-order valence-corrected chi connectivity index (χ1v) is 5.02. The number of rotatable bonds is 4. The van der Waals surface area contributed by atoms with Crippen LogP contribution in [0.2, 0.25) is 0 Å². The van der Waals surface area contributed by atoms with Gasteiger partial charge in [-0.15, -0.1) is 0 Å². The maximum absolute atomic E-state index is 5.86. The average molecular weight is 213 g/mol. The molecule has 1 rings (SSSR count). The standard InChI is InChI=1S/C10H19N3O2/c1-6-10(4,14-5)7-12-8(15-13-7)9(2,3)11/h6,11H2,1-5H3. The van der Waals surface area contributed by atoms with Crippen molar-refractivity contribution in [2.45, 2.75) is 45.3 Å². The van der Waals surface area contributed by atoms with Crippen LogP contribution in [0.4, 0.5) is 0 Å². The van der Waals surface area contributed by atoms with Crippen LogP contribution in [-0.2, 0) is 15.9 Å². The molecule has 0 saturated carbocycles. The molecule has 1 aromatic rings. The molecule has 5 heteroatoms. The molecule has 0 spiro atoms. The zero-order valence-corrected chi connectivity index (χ0v) is 10.00. The topological polar surface area (TPSA) is 74.2 Å². The van der Waals surface area contributed by atoms with E-state index < -0.39 is 11.1 Å². The second kappa shape index (κ2) is 3.90. The molecule has 2 N–H and O–H groups in total. The van der Waals surface area contributed by atoms with E-state index in [0.29, 0.717) is 11.7 Å². The van der Waals surface area contributed by atoms with E-state index in [1.807, 2.05) is 27.7 Å². The Balaban J connectivity index is 3.03. The minimum Gasteiger partial charge on any atom is -0.370 e. The maximum Gasteiger partial charge on any atom is 0.246 e. The van der Waals surface area contributed by atoms with Crippen molar-refractivity contribution in [2.24, 2.45) is 5.73 Å². The third-order valence-corrected chi connectivity index (χ3v) is 2.58. The maximum atomic E-state index is 5.86. The van der Waals surface area contributed by atoms with Gasteiger partial charge in [-0.05, 0) is 27.2 Å². The number of ether oxygens (including phenoxy) is 1. The fourth-order valence-corrected chi connectivity index (χ4v) is 1.09. The zero-order valence-electron chi connectivity index (χ0n) is 10.00. The predicted molar refractivity (Wildman–Crippen MR) is 56.2 cm³/mol. The molecule has 0 aliphatic heterocycles. The van der Waals surface area contributed by atoms with E-state index in [0.717, 1.165) is 6.42 Å². The van der Waals surface area contributed by atoms with Gasteiger partial charge < -0.3 is 15.0 Å². The summed E-state index contributed by atoms with van der Waals surface area (Å²) in [6.07, 6.45) is 0.771. The van der Waals surface area contributed by atoms with E-state index in [2.05, 4.69) is 10.1 Å². The van der Waals surface area contributed by atoms with E-state index in [-0.39, 0.29) is 0 Å². The van der Waals surface area contributed by atoms with Gasteiger partial charge in [0.05, 0.1) is 5.54 Å². The predicted octanol–water partition coefficient (Wildman–Crippen LogP) is 1.53. The summed E-state index contributed by atoms with van der Waals surface area (Å²) < 4.78 is 10.5. The van der Waals surface area contributed by atoms with E-state index in [4.69, 9.17) is 15.0 Å². The van der Waals surface area contributed by atoms with Gasteiger partial charge in [0.1, 0.15) is 5.60 Å². The van der Waals surface area contributed by atoms with Crippen LogP contribution in [0.1, 0.15) is 45.8 Å². The lowest BCUT2D eigenvalue weighted by atomic mass is 10.0. The Kier molecular flexibility index (Phi) is 3.16. The Hall–Kier alpha value is -0.940. The molecule has 0 aliphatic rings. The second-order valence-corrected chi connectivity index (χ2v) is 4.43. The van der Waals surface area contributed by atoms with Gasteiger partial charge in [-0.2, -0.15) is 4.98 Å². The highest BCUT2D eigenvalue weighted by Crippen LogP contribution is 2.27. The van der Waals surface area contributed by atoms with Gasteiger partial charge in [-0.25, -0.2) is 0 Å². The molecule has 1 unspecified atom stereocenters. The summed E-state index contributed by atoms with van der Waals surface area (Å²) in [5.41, 5.74) is 4.73. The van der Waals surface area contributed by atoms with E-state index in [1.54, 1.807) is 7.11 Å². The SMILES string of the molecule is CCC(C)(OC)c1noc(C(C)(C)N)n1. The summed E-state index contributed by atoms with van der Waals surface area (Å²) in [5, 5.41) is 3.91. The number of nitrogens with two attached hydrogens (primary N) is 1. The Morgan fingerprint density at radius 2 is 2.00 bits per heavy atom. The normalized spacial score (nSPS) is 16.4. The number of hydrogen-bond acceptors (Lipinski definition) is 5. The summed E-state index contributed by atoms with van der Waals surface area (Å²) >= 11 is 0. The highest BCUT2D eigenvalue weighted by Gasteiger charge is 2.32. The van der Waals surface area contributed by atoms with Crippen LogP contribution in [0.5, 0.6) is 0 Å². The molecule has 1 atom stereocenters. The molecular weight excluding hydrogens is 194 g/mol. The third kappa shape index (κ3) is 2.35. The van der Waals surface area contributed by atoms with Crippen molar-refractivity contribution < 1.29 is 9.26 Å². The molecule has 0 fully saturated rings. The van der Waals surface area contributed by atoms with Crippen LogP contribution < -0.4 is 5.73 Å². The monoisotopic (exact) mass is 213 g/mol. The lowest BCUT2D eigenvalue weighted by Gasteiger charge is -2.22. The van der Waals surface area contributed by atoms with Gasteiger partial charge in [0.2, 0.25) is 11.7 Å². The number of aromatic nitrogens is 2. The molecule has 0 saturated heterocycles. The van der Waals surface area contributed by atoms with Gasteiger partial charge >= 0.3 is 0 Å². The van der Waals surface area contributed by atoms with Crippen LogP contribution >= 0.6 is 0 Å². The summed E-state index contributed by atoms with van der Waals surface area (Å²) in [6.45, 7) is 7.57. The van der Waals surface area contributed by atoms with Gasteiger partial charge in [-0.1, -0.05) is 12.1 Å². The van der Waals surface area contributed by atoms with Crippen LogP contribution in [0.15, 0.2) is 4.52 Å². The van der Waals surface area contributed by atoms with Crippen LogP contribution in [0, 0.1) is 0 Å². The molecule has 5 nitrogen and oxygen atoms in total. The van der Waals surface area contributed by atoms with E-state index in [1.165, 1.54) is 0 Å². The Morgan fingerprint density at radius 3 is 2.33 bits per heavy atom. The van der Waals surface area contributed by atoms with Crippen molar-refractivity contribution >= 4 is 0 Å². The molecule has 1 heterocycles. The molecular formula is C10H19N3O2. The first kappa shape index (κ1) is 12.1. The number of hydrogen-bond donors (Lipinski definition) is 1. The van der Waals surface area contributed by atoms with Gasteiger partial charge in [0, 0.05) is 7.11 Å². The van der Waals surface area contributed by atoms with Crippen molar-refractivity contribution in [1.82, 2.24) is 10.1 Å². The molecule has 0 bridgehead atoms. The molecule has 86 valence electrons. The largest absolute Gasteiger partial charge is 0.370 e. The Bertz CT molecular complexity index is 324. The van der Waals surface area contributed by atoms with Crippen LogP contribution in [0.25, 0.3) is 0 Å². The summed E-state index contributed by atoms with van der Waals surface area (Å²) in [4.78, 5) is 4.27. The summed E-state index contributed by atoms with van der Waals surface area (Å²) in [7, 11) is 1.63. The first-order chi connectivity index (χ1) is 6.83. The second-order valence-electron chi connectivity index (χ2n) is 4.43. The Labute approximate surface area is 90.0 Å². The van der Waals surface area contributed by atoms with Crippen LogP contribution in [0.3, 0.4) is 0 Å². The van der Waals surface area contributed by atoms with Crippen molar-refractivity contribution in [3.05, 3.63) is 11.7 Å². The fraction of sp³-hybridized carbons (Fsp3) is 0.800.